The number of rotatable bonds is 2. The molecular formula is C19H17N5O2. The van der Waals surface area contributed by atoms with E-state index < -0.39 is 0 Å². The molecule has 0 atom stereocenters. The normalized spacial score (nSPS) is 13.8. The number of amides is 2. The summed E-state index contributed by atoms with van der Waals surface area (Å²) in [7, 11) is 0. The van der Waals surface area contributed by atoms with Gasteiger partial charge in [0.2, 0.25) is 0 Å². The maximum absolute atomic E-state index is 12.6. The third kappa shape index (κ3) is 2.73. The summed E-state index contributed by atoms with van der Waals surface area (Å²) in [4.78, 5) is 33.3. The minimum absolute atomic E-state index is 0.117. The lowest BCUT2D eigenvalue weighted by Gasteiger charge is -2.07. The van der Waals surface area contributed by atoms with Crippen LogP contribution in [0.3, 0.4) is 0 Å². The maximum atomic E-state index is 12.6. The Morgan fingerprint density at radius 1 is 1.27 bits per heavy atom. The van der Waals surface area contributed by atoms with Crippen LogP contribution in [-0.4, -0.2) is 32.9 Å². The molecule has 3 aromatic rings. The third-order valence-corrected chi connectivity index (χ3v) is 4.37. The second-order valence-electron chi connectivity index (χ2n) is 6.18. The minimum atomic E-state index is -0.349. The second kappa shape index (κ2) is 6.11. The molecule has 0 aliphatic carbocycles. The zero-order chi connectivity index (χ0) is 18.3. The number of fused-ring (bicyclic) bond motifs is 3. The van der Waals surface area contributed by atoms with E-state index in [1.54, 1.807) is 24.3 Å². The topological polar surface area (TPSA) is 88.9 Å². The Balaban J connectivity index is 1.70. The number of hydrogen-bond acceptors (Lipinski definition) is 4. The third-order valence-electron chi connectivity index (χ3n) is 4.37. The average Bonchev–Trinajstić information content (AvgIpc) is 2.89. The summed E-state index contributed by atoms with van der Waals surface area (Å²) in [6.07, 6.45) is 2.34. The first-order chi connectivity index (χ1) is 12.5. The Morgan fingerprint density at radius 2 is 2.12 bits per heavy atom. The highest BCUT2D eigenvalue weighted by atomic mass is 16.2. The first-order valence-corrected chi connectivity index (χ1v) is 8.27. The number of nitrogens with zero attached hydrogens (tertiary/aromatic N) is 3. The van der Waals surface area contributed by atoms with Crippen LogP contribution in [0.25, 0.3) is 24.2 Å². The molecule has 4 rings (SSSR count). The van der Waals surface area contributed by atoms with Gasteiger partial charge in [-0.2, -0.15) is 0 Å². The van der Waals surface area contributed by atoms with E-state index in [2.05, 4.69) is 33.8 Å². The van der Waals surface area contributed by atoms with E-state index in [-0.39, 0.29) is 17.5 Å². The lowest BCUT2D eigenvalue weighted by molar-refractivity contribution is 0.0950. The first-order valence-electron chi connectivity index (χ1n) is 8.27. The molecule has 26 heavy (non-hydrogen) atoms. The molecule has 0 saturated carbocycles. The van der Waals surface area contributed by atoms with Crippen LogP contribution in [0.4, 0.5) is 5.69 Å². The van der Waals surface area contributed by atoms with Crippen LogP contribution in [0.2, 0.25) is 0 Å². The van der Waals surface area contributed by atoms with Crippen LogP contribution >= 0.6 is 0 Å². The van der Waals surface area contributed by atoms with Crippen molar-refractivity contribution >= 4 is 41.7 Å². The SMILES string of the molecule is C=c1cc(NC(=O)c2ccc3cc4n(c3n2)CCCNC4=O)cnc1=C. The maximum Gasteiger partial charge on any atom is 0.274 e. The lowest BCUT2D eigenvalue weighted by Crippen LogP contribution is -2.26. The Kier molecular flexibility index (Phi) is 3.76. The fourth-order valence-electron chi connectivity index (χ4n) is 3.00. The fraction of sp³-hybridized carbons (Fsp3) is 0.158. The van der Waals surface area contributed by atoms with Crippen molar-refractivity contribution in [2.24, 2.45) is 0 Å². The highest BCUT2D eigenvalue weighted by Crippen LogP contribution is 2.21. The summed E-state index contributed by atoms with van der Waals surface area (Å²) in [6, 6.07) is 6.95. The molecule has 0 bridgehead atoms. The standard InChI is InChI=1S/C19H17N5O2/c1-11-8-14(10-21-12(11)2)22-18(25)15-5-4-13-9-16-19(26)20-6-3-7-24(16)17(13)23-15/h4-5,8-10H,1-3,6-7H2,(H,20,26)(H,22,25). The molecule has 0 unspecified atom stereocenters. The fourth-order valence-corrected chi connectivity index (χ4v) is 3.00. The molecule has 0 aromatic carbocycles. The molecule has 0 radical (unpaired) electrons. The molecule has 7 nitrogen and oxygen atoms in total. The largest absolute Gasteiger partial charge is 0.351 e. The van der Waals surface area contributed by atoms with Crippen molar-refractivity contribution < 1.29 is 9.59 Å². The van der Waals surface area contributed by atoms with E-state index in [9.17, 15) is 9.59 Å². The lowest BCUT2D eigenvalue weighted by atomic mass is 10.2. The van der Waals surface area contributed by atoms with Gasteiger partial charge in [0.05, 0.1) is 17.2 Å². The minimum Gasteiger partial charge on any atom is -0.351 e. The van der Waals surface area contributed by atoms with Crippen LogP contribution in [0.15, 0.2) is 30.5 Å². The van der Waals surface area contributed by atoms with E-state index in [4.69, 9.17) is 0 Å². The summed E-state index contributed by atoms with van der Waals surface area (Å²) in [5, 5.41) is 7.66. The van der Waals surface area contributed by atoms with E-state index in [0.717, 1.165) is 11.8 Å². The summed E-state index contributed by atoms with van der Waals surface area (Å²) >= 11 is 0. The van der Waals surface area contributed by atoms with E-state index >= 15 is 0 Å². The monoisotopic (exact) mass is 347 g/mol. The van der Waals surface area contributed by atoms with E-state index in [0.29, 0.717) is 40.7 Å². The van der Waals surface area contributed by atoms with Crippen molar-refractivity contribution in [3.63, 3.8) is 0 Å². The van der Waals surface area contributed by atoms with E-state index in [1.165, 1.54) is 6.20 Å². The van der Waals surface area contributed by atoms with Crippen molar-refractivity contribution in [3.8, 4) is 0 Å². The van der Waals surface area contributed by atoms with Gasteiger partial charge in [0, 0.05) is 18.5 Å². The highest BCUT2D eigenvalue weighted by Gasteiger charge is 2.20. The van der Waals surface area contributed by atoms with Gasteiger partial charge in [-0.25, -0.2) is 4.98 Å². The summed E-state index contributed by atoms with van der Waals surface area (Å²) in [5.74, 6) is -0.465. The van der Waals surface area contributed by atoms with Gasteiger partial charge >= 0.3 is 0 Å². The molecule has 3 aromatic heterocycles. The van der Waals surface area contributed by atoms with Crippen molar-refractivity contribution in [3.05, 3.63) is 52.4 Å². The Hall–Kier alpha value is -3.48. The molecular weight excluding hydrogens is 330 g/mol. The average molecular weight is 347 g/mol. The zero-order valence-electron chi connectivity index (χ0n) is 14.1. The smallest absolute Gasteiger partial charge is 0.274 e. The van der Waals surface area contributed by atoms with Crippen molar-refractivity contribution in [1.82, 2.24) is 19.9 Å². The zero-order valence-corrected chi connectivity index (χ0v) is 14.1. The summed E-state index contributed by atoms with van der Waals surface area (Å²) in [6.45, 7) is 8.88. The quantitative estimate of drug-likeness (QED) is 0.712. The number of aryl methyl sites for hydroxylation is 1. The van der Waals surface area contributed by atoms with Crippen LogP contribution < -0.4 is 21.2 Å². The molecule has 2 amide bonds. The molecule has 0 saturated heterocycles. The van der Waals surface area contributed by atoms with Crippen LogP contribution in [0.1, 0.15) is 27.4 Å². The number of nitrogens with one attached hydrogen (secondary N) is 2. The molecule has 1 aliphatic rings. The van der Waals surface area contributed by atoms with Crippen LogP contribution in [-0.2, 0) is 6.54 Å². The van der Waals surface area contributed by atoms with Crippen molar-refractivity contribution in [2.45, 2.75) is 13.0 Å². The molecule has 4 heterocycles. The van der Waals surface area contributed by atoms with Gasteiger partial charge in [-0.15, -0.1) is 0 Å². The van der Waals surface area contributed by atoms with Gasteiger partial charge in [-0.1, -0.05) is 13.2 Å². The van der Waals surface area contributed by atoms with Gasteiger partial charge in [-0.3, -0.25) is 14.6 Å². The highest BCUT2D eigenvalue weighted by molar-refractivity contribution is 6.04. The van der Waals surface area contributed by atoms with Crippen molar-refractivity contribution in [2.75, 3.05) is 11.9 Å². The number of anilines is 1. The van der Waals surface area contributed by atoms with Gasteiger partial charge in [0.25, 0.3) is 11.8 Å². The molecule has 7 heteroatoms. The summed E-state index contributed by atoms with van der Waals surface area (Å²) in [5.41, 5.74) is 2.00. The van der Waals surface area contributed by atoms with Crippen LogP contribution in [0, 0.1) is 0 Å². The molecule has 0 spiro atoms. The number of aromatic nitrogens is 3. The molecule has 0 fully saturated rings. The number of hydrogen-bond donors (Lipinski definition) is 2. The van der Waals surface area contributed by atoms with Gasteiger partial charge in [0.1, 0.15) is 17.0 Å². The summed E-state index contributed by atoms with van der Waals surface area (Å²) < 4.78 is 1.86. The van der Waals surface area contributed by atoms with Gasteiger partial charge < -0.3 is 15.2 Å². The predicted molar refractivity (Wildman–Crippen MR) is 99.2 cm³/mol. The Bertz CT molecular complexity index is 1150. The van der Waals surface area contributed by atoms with Gasteiger partial charge in [0.15, 0.2) is 0 Å². The molecule has 130 valence electrons. The van der Waals surface area contributed by atoms with Crippen molar-refractivity contribution in [1.29, 1.82) is 0 Å². The molecule has 1 aliphatic heterocycles. The van der Waals surface area contributed by atoms with E-state index in [1.807, 2.05) is 4.57 Å². The van der Waals surface area contributed by atoms with Gasteiger partial charge in [-0.05, 0) is 35.9 Å². The number of pyridine rings is 2. The Labute approximate surface area is 149 Å². The predicted octanol–water partition coefficient (Wildman–Crippen LogP) is 0.638. The Morgan fingerprint density at radius 3 is 2.92 bits per heavy atom. The second-order valence-corrected chi connectivity index (χ2v) is 6.18. The number of carbonyl (C=O) groups excluding carboxylic acids is 2. The molecule has 2 N–H and O–H groups in total. The van der Waals surface area contributed by atoms with Crippen LogP contribution in [0.5, 0.6) is 0 Å². The first kappa shape index (κ1) is 16.0. The number of carbonyl (C=O) groups is 2.